The fourth-order valence-electron chi connectivity index (χ4n) is 1.31. The highest BCUT2D eigenvalue weighted by atomic mass is 16.4. The molecular weight excluding hydrogens is 162 g/mol. The van der Waals surface area contributed by atoms with Gasteiger partial charge in [-0.05, 0) is 19.3 Å². The number of carboxylic acid groups (broad SMARTS) is 2. The molecule has 68 valence electrons. The average molecular weight is 171 g/mol. The molecule has 1 fully saturated rings. The van der Waals surface area contributed by atoms with E-state index in [1.54, 1.807) is 0 Å². The van der Waals surface area contributed by atoms with Gasteiger partial charge in [-0.25, -0.2) is 0 Å². The lowest BCUT2D eigenvalue weighted by atomic mass is 9.99. The molecule has 0 aliphatic carbocycles. The van der Waals surface area contributed by atoms with E-state index >= 15 is 0 Å². The van der Waals surface area contributed by atoms with Gasteiger partial charge in [0, 0.05) is 12.1 Å². The minimum atomic E-state index is -1.25. The standard InChI is InChI=1S/C7H11NO4/c9-6(10)4-2-1-3-5(8-4)7(11)12/h4-5,8H,1-3H2,(H,9,10)(H,11,12)/p-2/t4-,5+. The van der Waals surface area contributed by atoms with Crippen molar-refractivity contribution in [1.82, 2.24) is 5.32 Å². The zero-order chi connectivity index (χ0) is 9.14. The number of nitrogens with one attached hydrogen (secondary N) is 1. The van der Waals surface area contributed by atoms with E-state index in [0.29, 0.717) is 19.3 Å². The fourth-order valence-corrected chi connectivity index (χ4v) is 1.31. The topological polar surface area (TPSA) is 92.3 Å². The molecule has 0 spiro atoms. The third-order valence-corrected chi connectivity index (χ3v) is 1.96. The minimum absolute atomic E-state index is 0.423. The van der Waals surface area contributed by atoms with Gasteiger partial charge in [0.15, 0.2) is 0 Å². The molecule has 0 aromatic carbocycles. The zero-order valence-electron chi connectivity index (χ0n) is 6.41. The first-order valence-corrected chi connectivity index (χ1v) is 3.79. The van der Waals surface area contributed by atoms with Crippen LogP contribution < -0.4 is 15.5 Å². The monoisotopic (exact) mass is 171 g/mol. The lowest BCUT2D eigenvalue weighted by molar-refractivity contribution is -0.313. The number of rotatable bonds is 2. The minimum Gasteiger partial charge on any atom is -0.548 e. The molecule has 0 radical (unpaired) electrons. The van der Waals surface area contributed by atoms with Gasteiger partial charge in [0.2, 0.25) is 0 Å². The van der Waals surface area contributed by atoms with Crippen LogP contribution in [0.25, 0.3) is 0 Å². The molecular formula is C7H9NO4-2. The van der Waals surface area contributed by atoms with Crippen molar-refractivity contribution in [2.75, 3.05) is 0 Å². The highest BCUT2D eigenvalue weighted by molar-refractivity contribution is 5.75. The van der Waals surface area contributed by atoms with Gasteiger partial charge in [-0.2, -0.15) is 0 Å². The van der Waals surface area contributed by atoms with Gasteiger partial charge in [0.1, 0.15) is 0 Å². The summed E-state index contributed by atoms with van der Waals surface area (Å²) in [6.45, 7) is 0. The molecule has 0 saturated carbocycles. The molecule has 1 rings (SSSR count). The van der Waals surface area contributed by atoms with Gasteiger partial charge in [0.25, 0.3) is 0 Å². The van der Waals surface area contributed by atoms with Crippen molar-refractivity contribution >= 4 is 11.9 Å². The van der Waals surface area contributed by atoms with E-state index in [9.17, 15) is 19.8 Å². The Kier molecular flexibility index (Phi) is 2.65. The van der Waals surface area contributed by atoms with E-state index in [1.807, 2.05) is 0 Å². The Labute approximate surface area is 69.4 Å². The first-order chi connectivity index (χ1) is 5.61. The number of piperidine rings is 1. The molecule has 0 amide bonds. The molecule has 12 heavy (non-hydrogen) atoms. The van der Waals surface area contributed by atoms with Gasteiger partial charge in [-0.3, -0.25) is 0 Å². The number of hydrogen-bond acceptors (Lipinski definition) is 5. The lowest BCUT2D eigenvalue weighted by Gasteiger charge is -2.31. The predicted octanol–water partition coefficient (Wildman–Crippen LogP) is -3.00. The maximum absolute atomic E-state index is 10.3. The van der Waals surface area contributed by atoms with Gasteiger partial charge < -0.3 is 25.1 Å². The Balaban J connectivity index is 2.51. The van der Waals surface area contributed by atoms with Crippen molar-refractivity contribution < 1.29 is 19.8 Å². The van der Waals surface area contributed by atoms with E-state index in [0.717, 1.165) is 0 Å². The van der Waals surface area contributed by atoms with Crippen LogP contribution in [0, 0.1) is 0 Å². The summed E-state index contributed by atoms with van der Waals surface area (Å²) in [5.41, 5.74) is 0. The van der Waals surface area contributed by atoms with Crippen molar-refractivity contribution in [3.63, 3.8) is 0 Å². The zero-order valence-corrected chi connectivity index (χ0v) is 6.41. The van der Waals surface area contributed by atoms with Crippen LogP contribution in [0.1, 0.15) is 19.3 Å². The molecule has 0 aromatic heterocycles. The Morgan fingerprint density at radius 3 is 1.83 bits per heavy atom. The second-order valence-corrected chi connectivity index (χ2v) is 2.84. The van der Waals surface area contributed by atoms with Gasteiger partial charge in [-0.15, -0.1) is 0 Å². The van der Waals surface area contributed by atoms with Crippen molar-refractivity contribution in [2.45, 2.75) is 31.3 Å². The predicted molar refractivity (Wildman–Crippen MR) is 34.6 cm³/mol. The highest BCUT2D eigenvalue weighted by Crippen LogP contribution is 2.11. The molecule has 2 atom stereocenters. The van der Waals surface area contributed by atoms with Crippen molar-refractivity contribution in [1.29, 1.82) is 0 Å². The summed E-state index contributed by atoms with van der Waals surface area (Å²) >= 11 is 0. The molecule has 5 nitrogen and oxygen atoms in total. The molecule has 1 aliphatic heterocycles. The van der Waals surface area contributed by atoms with E-state index in [4.69, 9.17) is 0 Å². The number of carboxylic acids is 2. The van der Waals surface area contributed by atoms with Crippen LogP contribution in [0.2, 0.25) is 0 Å². The number of carbonyl (C=O) groups is 2. The van der Waals surface area contributed by atoms with Gasteiger partial charge >= 0.3 is 0 Å². The molecule has 0 bridgehead atoms. The van der Waals surface area contributed by atoms with Crippen LogP contribution in [0.5, 0.6) is 0 Å². The lowest BCUT2D eigenvalue weighted by Crippen LogP contribution is -2.57. The Morgan fingerprint density at radius 1 is 1.08 bits per heavy atom. The fraction of sp³-hybridized carbons (Fsp3) is 0.714. The van der Waals surface area contributed by atoms with Crippen molar-refractivity contribution in [3.8, 4) is 0 Å². The van der Waals surface area contributed by atoms with Gasteiger partial charge in [0.05, 0.1) is 11.9 Å². The second kappa shape index (κ2) is 3.53. The van der Waals surface area contributed by atoms with Crippen LogP contribution in [0.15, 0.2) is 0 Å². The maximum atomic E-state index is 10.3. The maximum Gasteiger partial charge on any atom is 0.0584 e. The van der Waals surface area contributed by atoms with Crippen LogP contribution in [0.4, 0.5) is 0 Å². The summed E-state index contributed by atoms with van der Waals surface area (Å²) in [5, 5.41) is 23.1. The van der Waals surface area contributed by atoms with Crippen LogP contribution in [-0.2, 0) is 9.59 Å². The molecule has 1 aliphatic rings. The molecule has 5 heteroatoms. The molecule has 0 aromatic rings. The Morgan fingerprint density at radius 2 is 1.50 bits per heavy atom. The average Bonchev–Trinajstić information content (AvgIpc) is 2.04. The molecule has 1 saturated heterocycles. The number of aliphatic carboxylic acids is 2. The van der Waals surface area contributed by atoms with E-state index < -0.39 is 24.0 Å². The van der Waals surface area contributed by atoms with Crippen LogP contribution >= 0.6 is 0 Å². The first-order valence-electron chi connectivity index (χ1n) is 3.79. The quantitative estimate of drug-likeness (QED) is 0.478. The molecule has 1 N–H and O–H groups in total. The summed E-state index contributed by atoms with van der Waals surface area (Å²) in [6.07, 6.45) is 1.42. The number of carbonyl (C=O) groups excluding carboxylic acids is 2. The van der Waals surface area contributed by atoms with Crippen molar-refractivity contribution in [3.05, 3.63) is 0 Å². The van der Waals surface area contributed by atoms with Crippen molar-refractivity contribution in [2.24, 2.45) is 0 Å². The van der Waals surface area contributed by atoms with Gasteiger partial charge in [-0.1, -0.05) is 0 Å². The first kappa shape index (κ1) is 8.99. The Hall–Kier alpha value is -1.10. The van der Waals surface area contributed by atoms with E-state index in [1.165, 1.54) is 0 Å². The summed E-state index contributed by atoms with van der Waals surface area (Å²) in [5.74, 6) is -2.50. The molecule has 0 unspecified atom stereocenters. The van der Waals surface area contributed by atoms with Crippen LogP contribution in [-0.4, -0.2) is 24.0 Å². The summed E-state index contributed by atoms with van der Waals surface area (Å²) in [4.78, 5) is 20.7. The van der Waals surface area contributed by atoms with Crippen LogP contribution in [0.3, 0.4) is 0 Å². The normalized spacial score (nSPS) is 29.7. The summed E-state index contributed by atoms with van der Waals surface area (Å²) in [7, 11) is 0. The Bertz CT molecular complexity index is 184. The highest BCUT2D eigenvalue weighted by Gasteiger charge is 2.21. The third-order valence-electron chi connectivity index (χ3n) is 1.96. The smallest absolute Gasteiger partial charge is 0.0584 e. The summed E-state index contributed by atoms with van der Waals surface area (Å²) < 4.78 is 0. The molecule has 1 heterocycles. The van der Waals surface area contributed by atoms with E-state index in [-0.39, 0.29) is 0 Å². The largest absolute Gasteiger partial charge is 0.548 e. The third kappa shape index (κ3) is 1.94. The van der Waals surface area contributed by atoms with E-state index in [2.05, 4.69) is 5.32 Å². The second-order valence-electron chi connectivity index (χ2n) is 2.84. The number of hydrogen-bond donors (Lipinski definition) is 1. The summed E-state index contributed by atoms with van der Waals surface area (Å²) in [6, 6.07) is -1.69. The SMILES string of the molecule is O=C([O-])[C@@H]1CCC[C@H](C(=O)[O-])N1.